The predicted octanol–water partition coefficient (Wildman–Crippen LogP) is 3.42. The fraction of sp³-hybridized carbons (Fsp3) is 0.438. The third kappa shape index (κ3) is 2.90. The Morgan fingerprint density at radius 2 is 2.00 bits per heavy atom. The largest absolute Gasteiger partial charge is 0.306 e. The number of benzene rings is 1. The molecule has 0 spiro atoms. The number of nitrogens with one attached hydrogen (secondary N) is 1. The number of aromatic nitrogens is 2. The molecule has 0 bridgehead atoms. The lowest BCUT2D eigenvalue weighted by atomic mass is 10.0. The normalized spacial score (nSPS) is 12.7. The van der Waals surface area contributed by atoms with Crippen LogP contribution in [0.15, 0.2) is 24.3 Å². The van der Waals surface area contributed by atoms with Crippen LogP contribution < -0.4 is 5.32 Å². The fourth-order valence-electron chi connectivity index (χ4n) is 2.53. The highest BCUT2D eigenvalue weighted by atomic mass is 19.1. The highest BCUT2D eigenvalue weighted by Gasteiger charge is 2.15. The Morgan fingerprint density at radius 1 is 1.30 bits per heavy atom. The molecule has 0 saturated heterocycles. The quantitative estimate of drug-likeness (QED) is 0.906. The minimum Gasteiger partial charge on any atom is -0.306 e. The van der Waals surface area contributed by atoms with Gasteiger partial charge in [0, 0.05) is 36.5 Å². The highest BCUT2D eigenvalue weighted by Crippen LogP contribution is 2.21. The highest BCUT2D eigenvalue weighted by molar-refractivity contribution is 5.25. The lowest BCUT2D eigenvalue weighted by molar-refractivity contribution is 0.487. The molecule has 1 atom stereocenters. The van der Waals surface area contributed by atoms with Gasteiger partial charge in [-0.25, -0.2) is 4.39 Å². The summed E-state index contributed by atoms with van der Waals surface area (Å²) in [5, 5.41) is 7.85. The number of hydrogen-bond donors (Lipinski definition) is 1. The summed E-state index contributed by atoms with van der Waals surface area (Å²) in [6.07, 6.45) is 0.847. The van der Waals surface area contributed by atoms with E-state index in [0.717, 1.165) is 23.4 Å². The molecule has 20 heavy (non-hydrogen) atoms. The second kappa shape index (κ2) is 6.18. The zero-order chi connectivity index (χ0) is 14.7. The van der Waals surface area contributed by atoms with Crippen LogP contribution in [0.1, 0.15) is 41.9 Å². The van der Waals surface area contributed by atoms with Crippen LogP contribution >= 0.6 is 0 Å². The number of halogens is 1. The van der Waals surface area contributed by atoms with E-state index in [1.165, 1.54) is 11.6 Å². The number of rotatable bonds is 5. The molecule has 1 aromatic heterocycles. The lowest BCUT2D eigenvalue weighted by Crippen LogP contribution is -2.22. The Hall–Kier alpha value is -1.68. The van der Waals surface area contributed by atoms with Gasteiger partial charge in [-0.05, 0) is 26.3 Å². The van der Waals surface area contributed by atoms with E-state index in [1.807, 2.05) is 30.8 Å². The van der Waals surface area contributed by atoms with E-state index in [0.29, 0.717) is 6.54 Å². The number of aryl methyl sites for hydroxylation is 2. The fourth-order valence-corrected chi connectivity index (χ4v) is 2.53. The van der Waals surface area contributed by atoms with Crippen LogP contribution in [-0.4, -0.2) is 9.78 Å². The first-order valence-electron chi connectivity index (χ1n) is 7.01. The predicted molar refractivity (Wildman–Crippen MR) is 79.0 cm³/mol. The van der Waals surface area contributed by atoms with Gasteiger partial charge in [-0.1, -0.05) is 25.1 Å². The molecule has 3 nitrogen and oxygen atoms in total. The lowest BCUT2D eigenvalue weighted by Gasteiger charge is -2.18. The van der Waals surface area contributed by atoms with Crippen molar-refractivity contribution in [2.24, 2.45) is 7.05 Å². The molecule has 4 heteroatoms. The second-order valence-corrected chi connectivity index (χ2v) is 5.14. The SMILES string of the molecule is CCC(NCc1c(C)nn(C)c1C)c1ccccc1F. The van der Waals surface area contributed by atoms with Crippen molar-refractivity contribution in [3.8, 4) is 0 Å². The van der Waals surface area contributed by atoms with Crippen LogP contribution in [0, 0.1) is 19.7 Å². The molecule has 1 aromatic carbocycles. The maximum absolute atomic E-state index is 13.9. The number of nitrogens with zero attached hydrogens (tertiary/aromatic N) is 2. The molecule has 0 radical (unpaired) electrons. The topological polar surface area (TPSA) is 29.9 Å². The minimum atomic E-state index is -0.147. The molecule has 1 N–H and O–H groups in total. The summed E-state index contributed by atoms with van der Waals surface area (Å²) in [4.78, 5) is 0. The average Bonchev–Trinajstić information content (AvgIpc) is 2.67. The first-order chi connectivity index (χ1) is 9.54. The Balaban J connectivity index is 2.14. The molecule has 0 fully saturated rings. The van der Waals surface area contributed by atoms with Crippen molar-refractivity contribution in [2.45, 2.75) is 39.8 Å². The molecule has 2 aromatic rings. The molecule has 2 rings (SSSR count). The maximum Gasteiger partial charge on any atom is 0.127 e. The van der Waals surface area contributed by atoms with Crippen molar-refractivity contribution in [3.05, 3.63) is 52.6 Å². The third-order valence-corrected chi connectivity index (χ3v) is 3.87. The smallest absolute Gasteiger partial charge is 0.127 e. The Morgan fingerprint density at radius 3 is 2.55 bits per heavy atom. The molecule has 0 amide bonds. The van der Waals surface area contributed by atoms with Crippen molar-refractivity contribution in [1.29, 1.82) is 0 Å². The van der Waals surface area contributed by atoms with Gasteiger partial charge >= 0.3 is 0 Å². The van der Waals surface area contributed by atoms with Crippen LogP contribution in [0.25, 0.3) is 0 Å². The van der Waals surface area contributed by atoms with Gasteiger partial charge in [0.25, 0.3) is 0 Å². The Kier molecular flexibility index (Phi) is 4.55. The van der Waals surface area contributed by atoms with Gasteiger partial charge in [-0.15, -0.1) is 0 Å². The zero-order valence-corrected chi connectivity index (χ0v) is 12.6. The van der Waals surface area contributed by atoms with E-state index in [9.17, 15) is 4.39 Å². The summed E-state index contributed by atoms with van der Waals surface area (Å²) in [5.74, 6) is -0.147. The van der Waals surface area contributed by atoms with Gasteiger partial charge in [-0.3, -0.25) is 4.68 Å². The van der Waals surface area contributed by atoms with Gasteiger partial charge in [0.2, 0.25) is 0 Å². The van der Waals surface area contributed by atoms with E-state index in [1.54, 1.807) is 6.07 Å². The van der Waals surface area contributed by atoms with Crippen LogP contribution in [-0.2, 0) is 13.6 Å². The summed E-state index contributed by atoms with van der Waals surface area (Å²) < 4.78 is 15.7. The molecular formula is C16H22FN3. The van der Waals surface area contributed by atoms with Crippen molar-refractivity contribution in [1.82, 2.24) is 15.1 Å². The maximum atomic E-state index is 13.9. The molecule has 0 saturated carbocycles. The Bertz CT molecular complexity index is 589. The standard InChI is InChI=1S/C16H22FN3/c1-5-16(13-8-6-7-9-15(13)17)18-10-14-11(2)19-20(4)12(14)3/h6-9,16,18H,5,10H2,1-4H3. The second-order valence-electron chi connectivity index (χ2n) is 5.14. The van der Waals surface area contributed by atoms with Crippen LogP contribution in [0.4, 0.5) is 4.39 Å². The molecule has 1 unspecified atom stereocenters. The summed E-state index contributed by atoms with van der Waals surface area (Å²) in [5.41, 5.74) is 4.11. The molecule has 108 valence electrons. The summed E-state index contributed by atoms with van der Waals surface area (Å²) >= 11 is 0. The average molecular weight is 275 g/mol. The minimum absolute atomic E-state index is 0.0233. The van der Waals surface area contributed by atoms with Crippen molar-refractivity contribution >= 4 is 0 Å². The molecule has 1 heterocycles. The van der Waals surface area contributed by atoms with Crippen molar-refractivity contribution in [3.63, 3.8) is 0 Å². The van der Waals surface area contributed by atoms with E-state index in [-0.39, 0.29) is 11.9 Å². The Labute approximate surface area is 119 Å². The summed E-state index contributed by atoms with van der Waals surface area (Å²) in [6.45, 7) is 6.83. The summed E-state index contributed by atoms with van der Waals surface area (Å²) in [7, 11) is 1.94. The molecule has 0 aliphatic heterocycles. The van der Waals surface area contributed by atoms with E-state index >= 15 is 0 Å². The van der Waals surface area contributed by atoms with E-state index < -0.39 is 0 Å². The van der Waals surface area contributed by atoms with Crippen molar-refractivity contribution in [2.75, 3.05) is 0 Å². The number of hydrogen-bond acceptors (Lipinski definition) is 2. The van der Waals surface area contributed by atoms with E-state index in [4.69, 9.17) is 0 Å². The van der Waals surface area contributed by atoms with Gasteiger partial charge in [0.15, 0.2) is 0 Å². The van der Waals surface area contributed by atoms with Gasteiger partial charge < -0.3 is 5.32 Å². The van der Waals surface area contributed by atoms with Crippen LogP contribution in [0.3, 0.4) is 0 Å². The van der Waals surface area contributed by atoms with Crippen molar-refractivity contribution < 1.29 is 4.39 Å². The third-order valence-electron chi connectivity index (χ3n) is 3.87. The van der Waals surface area contributed by atoms with Crippen LogP contribution in [0.5, 0.6) is 0 Å². The van der Waals surface area contributed by atoms with Gasteiger partial charge in [0.1, 0.15) is 5.82 Å². The first kappa shape index (κ1) is 14.7. The van der Waals surface area contributed by atoms with Crippen LogP contribution in [0.2, 0.25) is 0 Å². The van der Waals surface area contributed by atoms with E-state index in [2.05, 4.69) is 24.3 Å². The molecule has 0 aliphatic rings. The summed E-state index contributed by atoms with van der Waals surface area (Å²) in [6, 6.07) is 6.99. The molecular weight excluding hydrogens is 253 g/mol. The molecule has 0 aliphatic carbocycles. The monoisotopic (exact) mass is 275 g/mol. The zero-order valence-electron chi connectivity index (χ0n) is 12.6. The van der Waals surface area contributed by atoms with Gasteiger partial charge in [-0.2, -0.15) is 5.10 Å². The van der Waals surface area contributed by atoms with Gasteiger partial charge in [0.05, 0.1) is 5.69 Å². The first-order valence-corrected chi connectivity index (χ1v) is 7.01.